The molecule has 0 saturated carbocycles. The van der Waals surface area contributed by atoms with Crippen molar-refractivity contribution in [3.63, 3.8) is 0 Å². The Balaban J connectivity index is 0.000000249. The SMILES string of the molecule is CC(C)(C)OC(=O)N1CCC(C(=O)NCCc2ccncc2)CC1.CC(C)(C)OC(=O)N1CCC(C(=O)O)CC1.CCOC(=O)C1CCNCC1.O=C(NCCc1ccncc1)C1CCNCC1. The Labute approximate surface area is 403 Å². The van der Waals surface area contributed by atoms with Crippen molar-refractivity contribution in [2.75, 3.05) is 72.1 Å². The van der Waals surface area contributed by atoms with Crippen molar-refractivity contribution in [1.29, 1.82) is 0 Å². The summed E-state index contributed by atoms with van der Waals surface area (Å²) in [7, 11) is 0. The Morgan fingerprint density at radius 1 is 0.588 bits per heavy atom. The van der Waals surface area contributed by atoms with Crippen LogP contribution in [0.25, 0.3) is 0 Å². The summed E-state index contributed by atoms with van der Waals surface area (Å²) in [5, 5.41) is 21.3. The summed E-state index contributed by atoms with van der Waals surface area (Å²) in [6, 6.07) is 7.87. The van der Waals surface area contributed by atoms with Gasteiger partial charge in [-0.15, -0.1) is 0 Å². The third-order valence-electron chi connectivity index (χ3n) is 11.6. The number of ether oxygens (including phenoxy) is 3. The van der Waals surface area contributed by atoms with Gasteiger partial charge in [0, 0.05) is 75.9 Å². The first kappa shape index (κ1) is 57.0. The summed E-state index contributed by atoms with van der Waals surface area (Å²) in [6.07, 6.45) is 14.3. The van der Waals surface area contributed by atoms with Gasteiger partial charge in [-0.1, -0.05) is 0 Å². The molecule has 4 aliphatic rings. The molecule has 0 unspecified atom stereocenters. The van der Waals surface area contributed by atoms with Crippen molar-refractivity contribution < 1.29 is 48.1 Å². The summed E-state index contributed by atoms with van der Waals surface area (Å²) in [4.78, 5) is 80.8. The molecule has 4 aliphatic heterocycles. The van der Waals surface area contributed by atoms with Gasteiger partial charge in [-0.2, -0.15) is 0 Å². The number of carbonyl (C=O) groups is 6. The first-order valence-electron chi connectivity index (χ1n) is 24.4. The molecule has 0 atom stereocenters. The lowest BCUT2D eigenvalue weighted by molar-refractivity contribution is -0.149. The molecule has 2 aromatic rings. The Morgan fingerprint density at radius 2 is 0.941 bits per heavy atom. The minimum absolute atomic E-state index is 0.0194. The second-order valence-electron chi connectivity index (χ2n) is 19.4. The molecule has 0 aliphatic carbocycles. The summed E-state index contributed by atoms with van der Waals surface area (Å²) in [5.74, 6) is -0.504. The molecule has 0 bridgehead atoms. The van der Waals surface area contributed by atoms with Gasteiger partial charge in [0.25, 0.3) is 0 Å². The fourth-order valence-corrected chi connectivity index (χ4v) is 7.74. The van der Waals surface area contributed by atoms with Crippen LogP contribution < -0.4 is 21.3 Å². The Kier molecular flexibility index (Phi) is 25.3. The Hall–Kier alpha value is -5.36. The maximum atomic E-state index is 12.2. The number of carboxylic acid groups (broad SMARTS) is 1. The third kappa shape index (κ3) is 23.6. The van der Waals surface area contributed by atoms with Crippen LogP contribution in [0.1, 0.15) is 111 Å². The van der Waals surface area contributed by atoms with Gasteiger partial charge in [-0.25, -0.2) is 9.59 Å². The van der Waals surface area contributed by atoms with Crippen molar-refractivity contribution in [1.82, 2.24) is 41.0 Å². The van der Waals surface area contributed by atoms with Crippen LogP contribution in [0, 0.1) is 23.7 Å². The van der Waals surface area contributed by atoms with Gasteiger partial charge in [0.15, 0.2) is 0 Å². The first-order chi connectivity index (χ1) is 32.3. The van der Waals surface area contributed by atoms with Crippen molar-refractivity contribution in [3.8, 4) is 0 Å². The zero-order valence-corrected chi connectivity index (χ0v) is 41.7. The molecule has 0 radical (unpaired) electrons. The van der Waals surface area contributed by atoms with Crippen LogP contribution in [0.15, 0.2) is 49.1 Å². The van der Waals surface area contributed by atoms with E-state index in [9.17, 15) is 28.8 Å². The molecule has 5 N–H and O–H groups in total. The molecule has 0 spiro atoms. The molecular weight excluding hydrogens is 873 g/mol. The number of nitrogens with one attached hydrogen (secondary N) is 4. The summed E-state index contributed by atoms with van der Waals surface area (Å²) < 4.78 is 15.5. The quantitative estimate of drug-likeness (QED) is 0.141. The highest BCUT2D eigenvalue weighted by Crippen LogP contribution is 2.21. The number of aliphatic carboxylic acids is 1. The van der Waals surface area contributed by atoms with Gasteiger partial charge in [0.2, 0.25) is 11.8 Å². The Morgan fingerprint density at radius 3 is 1.29 bits per heavy atom. The van der Waals surface area contributed by atoms with Gasteiger partial charge in [-0.3, -0.25) is 29.1 Å². The lowest BCUT2D eigenvalue weighted by Gasteiger charge is -2.32. The van der Waals surface area contributed by atoms with Gasteiger partial charge >= 0.3 is 24.1 Å². The summed E-state index contributed by atoms with van der Waals surface area (Å²) in [5.41, 5.74) is 1.38. The number of amides is 4. The second-order valence-corrected chi connectivity index (χ2v) is 19.4. The molecule has 18 heteroatoms. The topological polar surface area (TPSA) is 231 Å². The normalized spacial score (nSPS) is 17.3. The molecule has 4 fully saturated rings. The number of hydrogen-bond donors (Lipinski definition) is 5. The molecule has 18 nitrogen and oxygen atoms in total. The first-order valence-corrected chi connectivity index (χ1v) is 24.4. The predicted molar refractivity (Wildman–Crippen MR) is 258 cm³/mol. The lowest BCUT2D eigenvalue weighted by Crippen LogP contribution is -2.45. The maximum Gasteiger partial charge on any atom is 0.410 e. The van der Waals surface area contributed by atoms with E-state index in [1.165, 1.54) is 5.56 Å². The van der Waals surface area contributed by atoms with Crippen LogP contribution in [0.3, 0.4) is 0 Å². The largest absolute Gasteiger partial charge is 0.481 e. The smallest absolute Gasteiger partial charge is 0.410 e. The number of aromatic nitrogens is 2. The van der Waals surface area contributed by atoms with E-state index in [0.29, 0.717) is 71.6 Å². The number of likely N-dealkylation sites (tertiary alicyclic amines) is 2. The molecule has 6 rings (SSSR count). The van der Waals surface area contributed by atoms with Crippen molar-refractivity contribution >= 4 is 35.9 Å². The molecule has 68 heavy (non-hydrogen) atoms. The molecule has 4 saturated heterocycles. The van der Waals surface area contributed by atoms with E-state index in [-0.39, 0.29) is 53.6 Å². The molecule has 380 valence electrons. The van der Waals surface area contributed by atoms with Crippen LogP contribution in [0.4, 0.5) is 9.59 Å². The van der Waals surface area contributed by atoms with Crippen molar-refractivity contribution in [3.05, 3.63) is 60.2 Å². The van der Waals surface area contributed by atoms with Crippen LogP contribution in [-0.2, 0) is 46.2 Å². The van der Waals surface area contributed by atoms with Gasteiger partial charge in [-0.05, 0) is 174 Å². The minimum Gasteiger partial charge on any atom is -0.481 e. The molecule has 0 aromatic carbocycles. The number of carboxylic acids is 1. The van der Waals surface area contributed by atoms with E-state index in [2.05, 4.69) is 31.2 Å². The van der Waals surface area contributed by atoms with Crippen LogP contribution in [0.5, 0.6) is 0 Å². The predicted octanol–water partition coefficient (Wildman–Crippen LogP) is 5.39. The molecule has 6 heterocycles. The number of rotatable bonds is 11. The fourth-order valence-electron chi connectivity index (χ4n) is 7.74. The highest BCUT2D eigenvalue weighted by atomic mass is 16.6. The molecule has 4 amide bonds. The standard InChI is InChI=1S/C18H27N3O3.C13H19N3O.C11H19NO4.C8H15NO2/c1-18(2,3)24-17(23)21-12-7-15(8-13-21)16(22)20-11-6-14-4-9-19-10-5-14;17-13(12-4-8-15-9-5-12)16-10-3-11-1-6-14-7-2-11;1-11(2,3)16-10(15)12-6-4-8(5-7-12)9(13)14;1-2-11-8(10)7-3-5-9-6-4-7/h4-5,9-10,15H,6-8,11-13H2,1-3H3,(H,20,22);1-2,6-7,12,15H,3-5,8-10H2,(H,16,17);8H,4-7H2,1-3H3,(H,13,14);7,9H,2-6H2,1H3. The Bertz CT molecular complexity index is 1800. The lowest BCUT2D eigenvalue weighted by atomic mass is 9.96. The number of pyridine rings is 2. The van der Waals surface area contributed by atoms with Crippen LogP contribution in [0.2, 0.25) is 0 Å². The van der Waals surface area contributed by atoms with E-state index in [1.54, 1.807) is 34.6 Å². The minimum atomic E-state index is -0.774. The number of piperidine rings is 4. The average Bonchev–Trinajstić information content (AvgIpc) is 3.32. The van der Waals surface area contributed by atoms with E-state index >= 15 is 0 Å². The van der Waals surface area contributed by atoms with Crippen molar-refractivity contribution in [2.45, 2.75) is 124 Å². The third-order valence-corrected chi connectivity index (χ3v) is 11.6. The monoisotopic (exact) mass is 953 g/mol. The van der Waals surface area contributed by atoms with Gasteiger partial charge in [0.1, 0.15) is 11.2 Å². The summed E-state index contributed by atoms with van der Waals surface area (Å²) in [6.45, 7) is 20.6. The van der Waals surface area contributed by atoms with Gasteiger partial charge in [0.05, 0.1) is 18.4 Å². The van der Waals surface area contributed by atoms with Crippen LogP contribution >= 0.6 is 0 Å². The van der Waals surface area contributed by atoms with E-state index in [1.807, 2.05) is 72.7 Å². The average molecular weight is 953 g/mol. The number of esters is 1. The maximum absolute atomic E-state index is 12.2. The number of hydrogen-bond acceptors (Lipinski definition) is 13. The fraction of sp³-hybridized carbons (Fsp3) is 0.680. The number of carbonyl (C=O) groups excluding carboxylic acids is 5. The zero-order chi connectivity index (χ0) is 50.0. The number of nitrogens with zero attached hydrogens (tertiary/aromatic N) is 4. The zero-order valence-electron chi connectivity index (χ0n) is 41.7. The van der Waals surface area contributed by atoms with Crippen LogP contribution in [-0.4, -0.2) is 144 Å². The van der Waals surface area contributed by atoms with Crippen molar-refractivity contribution in [2.24, 2.45) is 23.7 Å². The summed E-state index contributed by atoms with van der Waals surface area (Å²) >= 11 is 0. The molecule has 2 aromatic heterocycles. The molecular formula is C50H80N8O10. The van der Waals surface area contributed by atoms with E-state index < -0.39 is 17.2 Å². The van der Waals surface area contributed by atoms with E-state index in [4.69, 9.17) is 19.3 Å². The highest BCUT2D eigenvalue weighted by molar-refractivity contribution is 5.79. The highest BCUT2D eigenvalue weighted by Gasteiger charge is 2.31. The van der Waals surface area contributed by atoms with Gasteiger partial charge < -0.3 is 50.4 Å². The van der Waals surface area contributed by atoms with E-state index in [0.717, 1.165) is 70.3 Å². The second kappa shape index (κ2) is 30.2.